The maximum atomic E-state index is 10.6. The van der Waals surface area contributed by atoms with Gasteiger partial charge in [-0.3, -0.25) is 0 Å². The Morgan fingerprint density at radius 2 is 2.10 bits per heavy atom. The van der Waals surface area contributed by atoms with Crippen molar-refractivity contribution in [2.75, 3.05) is 5.75 Å². The lowest BCUT2D eigenvalue weighted by Gasteiger charge is -1.90. The number of halogens is 1. The molecule has 0 heterocycles. The third-order valence-electron chi connectivity index (χ3n) is 2.65. The van der Waals surface area contributed by atoms with Gasteiger partial charge < -0.3 is 0 Å². The SMILES string of the molecule is O=S(=O)(Cl)CC1CC12CC2. The summed E-state index contributed by atoms with van der Waals surface area (Å²) in [5.41, 5.74) is 0.460. The summed E-state index contributed by atoms with van der Waals surface area (Å²) in [7, 11) is 1.88. The Labute approximate surface area is 65.0 Å². The predicted octanol–water partition coefficient (Wildman–Crippen LogP) is 1.36. The quantitative estimate of drug-likeness (QED) is 0.602. The van der Waals surface area contributed by atoms with Crippen molar-refractivity contribution in [2.24, 2.45) is 11.3 Å². The van der Waals surface area contributed by atoms with Crippen molar-refractivity contribution >= 4 is 19.7 Å². The van der Waals surface area contributed by atoms with Gasteiger partial charge in [0.1, 0.15) is 0 Å². The molecule has 0 radical (unpaired) electrons. The highest BCUT2D eigenvalue weighted by Gasteiger charge is 2.63. The Bertz CT molecular complexity index is 253. The lowest BCUT2D eigenvalue weighted by Crippen LogP contribution is -2.00. The molecule has 0 bridgehead atoms. The zero-order chi connectivity index (χ0) is 7.41. The molecular formula is C6H9ClO2S. The van der Waals surface area contributed by atoms with E-state index in [0.717, 1.165) is 6.42 Å². The van der Waals surface area contributed by atoms with E-state index in [-0.39, 0.29) is 5.75 Å². The summed E-state index contributed by atoms with van der Waals surface area (Å²) in [6.07, 6.45) is 3.55. The van der Waals surface area contributed by atoms with Crippen LogP contribution >= 0.6 is 10.7 Å². The summed E-state index contributed by atoms with van der Waals surface area (Å²) in [6, 6.07) is 0. The zero-order valence-corrected chi connectivity index (χ0v) is 7.08. The van der Waals surface area contributed by atoms with Crippen molar-refractivity contribution in [3.05, 3.63) is 0 Å². The van der Waals surface area contributed by atoms with Crippen LogP contribution < -0.4 is 0 Å². The van der Waals surface area contributed by atoms with Gasteiger partial charge in [-0.2, -0.15) is 0 Å². The van der Waals surface area contributed by atoms with Crippen molar-refractivity contribution in [1.29, 1.82) is 0 Å². The Hall–Kier alpha value is 0.240. The van der Waals surface area contributed by atoms with Crippen molar-refractivity contribution in [2.45, 2.75) is 19.3 Å². The molecule has 0 aromatic carbocycles. The fourth-order valence-corrected chi connectivity index (χ4v) is 3.09. The number of hydrogen-bond acceptors (Lipinski definition) is 2. The first-order valence-electron chi connectivity index (χ1n) is 3.44. The van der Waals surface area contributed by atoms with E-state index < -0.39 is 9.05 Å². The minimum Gasteiger partial charge on any atom is -0.212 e. The van der Waals surface area contributed by atoms with Gasteiger partial charge >= 0.3 is 0 Å². The standard InChI is InChI=1S/C6H9ClO2S/c7-10(8,9)4-5-3-6(5)1-2-6/h5H,1-4H2. The normalized spacial score (nSPS) is 34.3. The van der Waals surface area contributed by atoms with Crippen LogP contribution in [-0.2, 0) is 9.05 Å². The highest BCUT2D eigenvalue weighted by atomic mass is 35.7. The first-order valence-corrected chi connectivity index (χ1v) is 5.92. The second-order valence-electron chi connectivity index (χ2n) is 3.47. The molecule has 2 aliphatic carbocycles. The molecule has 0 aromatic rings. The van der Waals surface area contributed by atoms with Gasteiger partial charge in [-0.05, 0) is 30.6 Å². The monoisotopic (exact) mass is 180 g/mol. The van der Waals surface area contributed by atoms with Crippen LogP contribution in [0.15, 0.2) is 0 Å². The number of rotatable bonds is 2. The molecule has 10 heavy (non-hydrogen) atoms. The Balaban J connectivity index is 1.95. The Morgan fingerprint density at radius 3 is 2.40 bits per heavy atom. The molecule has 4 heteroatoms. The van der Waals surface area contributed by atoms with Gasteiger partial charge in [-0.1, -0.05) is 0 Å². The molecule has 2 rings (SSSR count). The summed E-state index contributed by atoms with van der Waals surface area (Å²) >= 11 is 0. The molecule has 0 saturated heterocycles. The van der Waals surface area contributed by atoms with Crippen molar-refractivity contribution in [3.63, 3.8) is 0 Å². The van der Waals surface area contributed by atoms with E-state index in [4.69, 9.17) is 10.7 Å². The first-order chi connectivity index (χ1) is 4.52. The van der Waals surface area contributed by atoms with Gasteiger partial charge in [-0.15, -0.1) is 0 Å². The maximum Gasteiger partial charge on any atom is 0.232 e. The second-order valence-corrected chi connectivity index (χ2v) is 6.29. The topological polar surface area (TPSA) is 34.1 Å². The van der Waals surface area contributed by atoms with Crippen molar-refractivity contribution < 1.29 is 8.42 Å². The molecule has 2 aliphatic rings. The maximum absolute atomic E-state index is 10.6. The Morgan fingerprint density at radius 1 is 1.50 bits per heavy atom. The fourth-order valence-electron chi connectivity index (χ4n) is 1.68. The fraction of sp³-hybridized carbons (Fsp3) is 1.00. The van der Waals surface area contributed by atoms with Crippen LogP contribution in [0.1, 0.15) is 19.3 Å². The summed E-state index contributed by atoms with van der Waals surface area (Å²) in [5.74, 6) is 0.601. The molecule has 0 amide bonds. The average molecular weight is 181 g/mol. The minimum absolute atomic E-state index is 0.203. The molecule has 0 aromatic heterocycles. The van der Waals surface area contributed by atoms with E-state index in [9.17, 15) is 8.42 Å². The minimum atomic E-state index is -3.22. The Kier molecular flexibility index (Phi) is 1.17. The molecule has 2 nitrogen and oxygen atoms in total. The molecule has 1 unspecified atom stereocenters. The molecular weight excluding hydrogens is 172 g/mol. The average Bonchev–Trinajstić information content (AvgIpc) is 2.50. The van der Waals surface area contributed by atoms with Crippen molar-refractivity contribution in [1.82, 2.24) is 0 Å². The predicted molar refractivity (Wildman–Crippen MR) is 39.4 cm³/mol. The van der Waals surface area contributed by atoms with Crippen LogP contribution in [0.5, 0.6) is 0 Å². The molecule has 1 atom stereocenters. The summed E-state index contributed by atoms with van der Waals surface area (Å²) in [4.78, 5) is 0. The van der Waals surface area contributed by atoms with Crippen LogP contribution in [0, 0.1) is 11.3 Å². The van der Waals surface area contributed by atoms with Crippen LogP contribution in [0.4, 0.5) is 0 Å². The van der Waals surface area contributed by atoms with E-state index in [2.05, 4.69) is 0 Å². The lowest BCUT2D eigenvalue weighted by atomic mass is 10.3. The van der Waals surface area contributed by atoms with Gasteiger partial charge in [0.15, 0.2) is 0 Å². The van der Waals surface area contributed by atoms with E-state index >= 15 is 0 Å². The smallest absolute Gasteiger partial charge is 0.212 e. The van der Waals surface area contributed by atoms with Gasteiger partial charge in [0, 0.05) is 10.7 Å². The van der Waals surface area contributed by atoms with Crippen molar-refractivity contribution in [3.8, 4) is 0 Å². The van der Waals surface area contributed by atoms with E-state index in [0.29, 0.717) is 11.3 Å². The summed E-state index contributed by atoms with van der Waals surface area (Å²) in [6.45, 7) is 0. The molecule has 2 fully saturated rings. The summed E-state index contributed by atoms with van der Waals surface area (Å²) < 4.78 is 21.1. The third kappa shape index (κ3) is 1.17. The molecule has 58 valence electrons. The van der Waals surface area contributed by atoms with Gasteiger partial charge in [-0.25, -0.2) is 8.42 Å². The van der Waals surface area contributed by atoms with Gasteiger partial charge in [0.05, 0.1) is 5.75 Å². The molecule has 0 N–H and O–H groups in total. The van der Waals surface area contributed by atoms with Crippen LogP contribution in [0.2, 0.25) is 0 Å². The van der Waals surface area contributed by atoms with E-state index in [1.165, 1.54) is 12.8 Å². The van der Waals surface area contributed by atoms with Crippen LogP contribution in [0.3, 0.4) is 0 Å². The first kappa shape index (κ1) is 6.92. The van der Waals surface area contributed by atoms with Gasteiger partial charge in [0.2, 0.25) is 9.05 Å². The molecule has 1 spiro atoms. The number of hydrogen-bond donors (Lipinski definition) is 0. The molecule has 0 aliphatic heterocycles. The second kappa shape index (κ2) is 1.69. The van der Waals surface area contributed by atoms with E-state index in [1.54, 1.807) is 0 Å². The third-order valence-corrected chi connectivity index (χ3v) is 3.83. The summed E-state index contributed by atoms with van der Waals surface area (Å²) in [5, 5.41) is 0. The largest absolute Gasteiger partial charge is 0.232 e. The highest BCUT2D eigenvalue weighted by Crippen LogP contribution is 2.70. The van der Waals surface area contributed by atoms with Gasteiger partial charge in [0.25, 0.3) is 0 Å². The highest BCUT2D eigenvalue weighted by molar-refractivity contribution is 8.13. The molecule has 2 saturated carbocycles. The van der Waals surface area contributed by atoms with Crippen LogP contribution in [-0.4, -0.2) is 14.2 Å². The lowest BCUT2D eigenvalue weighted by molar-refractivity contribution is 0.602. The van der Waals surface area contributed by atoms with Crippen LogP contribution in [0.25, 0.3) is 0 Å². The van der Waals surface area contributed by atoms with E-state index in [1.807, 2.05) is 0 Å². The zero-order valence-electron chi connectivity index (χ0n) is 5.51.